The Kier molecular flexibility index (Phi) is 6.06. The molecular weight excluding hydrogens is 360 g/mol. The molecule has 0 saturated heterocycles. The average molecular weight is 385 g/mol. The van der Waals surface area contributed by atoms with Crippen LogP contribution in [-0.4, -0.2) is 33.4 Å². The number of hydrogen-bond donors (Lipinski definition) is 1. The van der Waals surface area contributed by atoms with Crippen molar-refractivity contribution in [3.05, 3.63) is 34.6 Å². The second-order valence-corrected chi connectivity index (χ2v) is 7.83. The van der Waals surface area contributed by atoms with Crippen molar-refractivity contribution in [1.82, 2.24) is 20.3 Å². The van der Waals surface area contributed by atoms with E-state index in [4.69, 9.17) is 0 Å². The Hall–Kier alpha value is -2.77. The molecule has 150 valence electrons. The summed E-state index contributed by atoms with van der Waals surface area (Å²) in [5.74, 6) is -1.57. The molecule has 2 aromatic rings. The quantitative estimate of drug-likeness (QED) is 0.781. The van der Waals surface area contributed by atoms with Gasteiger partial charge in [-0.15, -0.1) is 5.10 Å². The minimum absolute atomic E-state index is 0.151. The van der Waals surface area contributed by atoms with Crippen molar-refractivity contribution >= 4 is 22.8 Å². The molecule has 1 atom stereocenters. The lowest BCUT2D eigenvalue weighted by Crippen LogP contribution is -2.43. The number of aromatic nitrogens is 3. The first-order valence-electron chi connectivity index (χ1n) is 9.71. The molecule has 0 unspecified atom stereocenters. The lowest BCUT2D eigenvalue weighted by atomic mass is 9.82. The molecule has 1 saturated carbocycles. The lowest BCUT2D eigenvalue weighted by Gasteiger charge is -2.29. The smallest absolute Gasteiger partial charge is 0.278 e. The van der Waals surface area contributed by atoms with Gasteiger partial charge >= 0.3 is 0 Å². The molecule has 1 aliphatic rings. The molecule has 1 aromatic carbocycles. The van der Waals surface area contributed by atoms with Crippen LogP contribution in [0.3, 0.4) is 0 Å². The standard InChI is InChI=1S/C20H26N4O4/c1-12(2)17(24-19(26)15-5-3-4-6-16(15)22-23-24)18(25)21-11-13-7-9-14(10-8-13)20(27)28/h3-6,12-14,17H,7-11H2,1-2H3,(H,21,25)(H,27,28)/p-1/t13?,14?,17-/m0/s1. The molecule has 8 heteroatoms. The van der Waals surface area contributed by atoms with Gasteiger partial charge in [-0.1, -0.05) is 31.2 Å². The van der Waals surface area contributed by atoms with Crippen LogP contribution in [0.2, 0.25) is 0 Å². The zero-order valence-corrected chi connectivity index (χ0v) is 16.1. The number of aliphatic carboxylic acids is 1. The normalized spacial score (nSPS) is 20.8. The van der Waals surface area contributed by atoms with Gasteiger partial charge in [0.2, 0.25) is 5.91 Å². The fourth-order valence-corrected chi connectivity index (χ4v) is 3.83. The number of fused-ring (bicyclic) bond motifs is 1. The Morgan fingerprint density at radius 1 is 1.21 bits per heavy atom. The van der Waals surface area contributed by atoms with E-state index in [1.165, 1.54) is 0 Å². The first kappa shape index (κ1) is 20.0. The fraction of sp³-hybridized carbons (Fsp3) is 0.550. The molecule has 0 spiro atoms. The van der Waals surface area contributed by atoms with Crippen molar-refractivity contribution < 1.29 is 14.7 Å². The summed E-state index contributed by atoms with van der Waals surface area (Å²) in [5.41, 5.74) is 0.158. The average Bonchev–Trinajstić information content (AvgIpc) is 2.68. The molecule has 0 bridgehead atoms. The van der Waals surface area contributed by atoms with Crippen LogP contribution in [0.15, 0.2) is 29.1 Å². The number of nitrogens with one attached hydrogen (secondary N) is 1. The second kappa shape index (κ2) is 8.50. The maximum absolute atomic E-state index is 12.8. The van der Waals surface area contributed by atoms with Gasteiger partial charge in [0.05, 0.1) is 5.39 Å². The number of rotatable bonds is 6. The summed E-state index contributed by atoms with van der Waals surface area (Å²) in [6, 6.07) is 6.16. The SMILES string of the molecule is CC(C)[C@@H](C(=O)NCC1CCC(C(=O)[O-])CC1)n1nnc2ccccc2c1=O. The highest BCUT2D eigenvalue weighted by Gasteiger charge is 2.29. The summed E-state index contributed by atoms with van der Waals surface area (Å²) >= 11 is 0. The monoisotopic (exact) mass is 385 g/mol. The third-order valence-corrected chi connectivity index (χ3v) is 5.50. The number of benzene rings is 1. The third kappa shape index (κ3) is 4.21. The van der Waals surface area contributed by atoms with Crippen LogP contribution in [-0.2, 0) is 9.59 Å². The molecule has 1 heterocycles. The molecular formula is C20H25N4O4-. The number of amides is 1. The third-order valence-electron chi connectivity index (χ3n) is 5.50. The minimum atomic E-state index is -0.989. The van der Waals surface area contributed by atoms with Crippen molar-refractivity contribution in [2.45, 2.75) is 45.6 Å². The van der Waals surface area contributed by atoms with E-state index in [2.05, 4.69) is 15.6 Å². The van der Waals surface area contributed by atoms with E-state index in [0.717, 1.165) is 17.5 Å². The molecule has 3 rings (SSSR count). The number of carbonyl (C=O) groups is 2. The minimum Gasteiger partial charge on any atom is -0.550 e. The van der Waals surface area contributed by atoms with Crippen LogP contribution in [0.1, 0.15) is 45.6 Å². The van der Waals surface area contributed by atoms with Crippen molar-refractivity contribution in [3.63, 3.8) is 0 Å². The van der Waals surface area contributed by atoms with E-state index < -0.39 is 12.0 Å². The van der Waals surface area contributed by atoms with Crippen molar-refractivity contribution in [2.75, 3.05) is 6.54 Å². The maximum Gasteiger partial charge on any atom is 0.278 e. The largest absolute Gasteiger partial charge is 0.550 e. The van der Waals surface area contributed by atoms with Gasteiger partial charge in [-0.25, -0.2) is 0 Å². The summed E-state index contributed by atoms with van der Waals surface area (Å²) in [5, 5.41) is 22.4. The van der Waals surface area contributed by atoms with E-state index in [-0.39, 0.29) is 29.2 Å². The highest BCUT2D eigenvalue weighted by Crippen LogP contribution is 2.28. The molecule has 8 nitrogen and oxygen atoms in total. The van der Waals surface area contributed by atoms with Gasteiger partial charge in [-0.3, -0.25) is 9.59 Å². The fourth-order valence-electron chi connectivity index (χ4n) is 3.83. The number of carboxylic acids is 1. The summed E-state index contributed by atoms with van der Waals surface area (Å²) in [7, 11) is 0. The highest BCUT2D eigenvalue weighted by molar-refractivity contribution is 5.81. The van der Waals surface area contributed by atoms with Crippen LogP contribution in [0.25, 0.3) is 10.9 Å². The van der Waals surface area contributed by atoms with Gasteiger partial charge < -0.3 is 15.2 Å². The van der Waals surface area contributed by atoms with Gasteiger partial charge in [-0.05, 0) is 55.6 Å². The number of carbonyl (C=O) groups excluding carboxylic acids is 2. The molecule has 1 aliphatic carbocycles. The Bertz CT molecular complexity index is 916. The molecule has 28 heavy (non-hydrogen) atoms. The van der Waals surface area contributed by atoms with E-state index in [1.54, 1.807) is 24.3 Å². The van der Waals surface area contributed by atoms with Gasteiger partial charge in [0.25, 0.3) is 5.56 Å². The number of carboxylic acid groups (broad SMARTS) is 1. The van der Waals surface area contributed by atoms with Gasteiger partial charge in [-0.2, -0.15) is 4.68 Å². The Morgan fingerprint density at radius 3 is 2.54 bits per heavy atom. The highest BCUT2D eigenvalue weighted by atomic mass is 16.4. The van der Waals surface area contributed by atoms with Crippen LogP contribution < -0.4 is 16.0 Å². The van der Waals surface area contributed by atoms with E-state index in [9.17, 15) is 19.5 Å². The first-order valence-corrected chi connectivity index (χ1v) is 9.71. The van der Waals surface area contributed by atoms with E-state index in [0.29, 0.717) is 30.3 Å². The summed E-state index contributed by atoms with van der Waals surface area (Å²) in [6.07, 6.45) is 2.63. The topological polar surface area (TPSA) is 117 Å². The van der Waals surface area contributed by atoms with Crippen LogP contribution >= 0.6 is 0 Å². The summed E-state index contributed by atoms with van der Waals surface area (Å²) in [4.78, 5) is 36.6. The first-order chi connectivity index (χ1) is 13.4. The van der Waals surface area contributed by atoms with Crippen molar-refractivity contribution in [2.24, 2.45) is 17.8 Å². The second-order valence-electron chi connectivity index (χ2n) is 7.83. The van der Waals surface area contributed by atoms with Gasteiger partial charge in [0.15, 0.2) is 0 Å². The molecule has 0 aliphatic heterocycles. The Morgan fingerprint density at radius 2 is 1.89 bits per heavy atom. The number of nitrogens with zero attached hydrogens (tertiary/aromatic N) is 3. The molecule has 1 fully saturated rings. The molecule has 1 aromatic heterocycles. The van der Waals surface area contributed by atoms with Crippen LogP contribution in [0.5, 0.6) is 0 Å². The summed E-state index contributed by atoms with van der Waals surface area (Å²) < 4.78 is 1.16. The van der Waals surface area contributed by atoms with Gasteiger partial charge in [0, 0.05) is 12.5 Å². The molecule has 1 amide bonds. The van der Waals surface area contributed by atoms with E-state index in [1.807, 2.05) is 13.8 Å². The molecule has 1 N–H and O–H groups in total. The Labute approximate surface area is 162 Å². The lowest BCUT2D eigenvalue weighted by molar-refractivity contribution is -0.312. The van der Waals surface area contributed by atoms with Crippen LogP contribution in [0.4, 0.5) is 0 Å². The summed E-state index contributed by atoms with van der Waals surface area (Å²) in [6.45, 7) is 4.18. The predicted molar refractivity (Wildman–Crippen MR) is 101 cm³/mol. The predicted octanol–water partition coefficient (Wildman–Crippen LogP) is 0.661. The molecule has 0 radical (unpaired) electrons. The van der Waals surface area contributed by atoms with Crippen LogP contribution in [0, 0.1) is 17.8 Å². The number of hydrogen-bond acceptors (Lipinski definition) is 6. The zero-order chi connectivity index (χ0) is 20.3. The van der Waals surface area contributed by atoms with Crippen molar-refractivity contribution in [3.8, 4) is 0 Å². The van der Waals surface area contributed by atoms with Crippen molar-refractivity contribution in [1.29, 1.82) is 0 Å². The zero-order valence-electron chi connectivity index (χ0n) is 16.1. The Balaban J connectivity index is 1.71. The van der Waals surface area contributed by atoms with Gasteiger partial charge in [0.1, 0.15) is 11.6 Å². The van der Waals surface area contributed by atoms with E-state index >= 15 is 0 Å². The maximum atomic E-state index is 12.8.